The van der Waals surface area contributed by atoms with Gasteiger partial charge in [0.15, 0.2) is 0 Å². The Labute approximate surface area is 106 Å². The molecule has 0 saturated heterocycles. The maximum atomic E-state index is 8.85. The van der Waals surface area contributed by atoms with Gasteiger partial charge in [-0.2, -0.15) is 4.98 Å². The number of pyridine rings is 1. The van der Waals surface area contributed by atoms with Crippen LogP contribution in [0.15, 0.2) is 16.8 Å². The van der Waals surface area contributed by atoms with E-state index in [2.05, 4.69) is 15.1 Å². The fraction of sp³-hybridized carbons (Fsp3) is 0.222. The lowest BCUT2D eigenvalue weighted by Crippen LogP contribution is -2.14. The number of hydrogen-bond acceptors (Lipinski definition) is 6. The van der Waals surface area contributed by atoms with Gasteiger partial charge in [0.25, 0.3) is 0 Å². The van der Waals surface area contributed by atoms with Gasteiger partial charge >= 0.3 is 0 Å². The molecule has 90 valence electrons. The second-order valence-corrected chi connectivity index (χ2v) is 4.07. The number of nitrogens with two attached hydrogens (primary N) is 1. The number of rotatable bonds is 3. The third-order valence-electron chi connectivity index (χ3n) is 1.98. The molecule has 0 bridgehead atoms. The number of aliphatic hydroxyl groups is 1. The highest BCUT2D eigenvalue weighted by Crippen LogP contribution is 2.26. The van der Waals surface area contributed by atoms with E-state index in [0.717, 1.165) is 0 Å². The van der Waals surface area contributed by atoms with E-state index in [1.54, 1.807) is 0 Å². The Morgan fingerprint density at radius 3 is 2.88 bits per heavy atom. The standard InChI is InChI=1S/C9H8Cl2N4O2/c10-4-1-5(11)7(13-2-4)8-14-9(17-15-8)6(12)3-16/h1-2,6,16H,3,12H2/t6-/m1/s1. The highest BCUT2D eigenvalue weighted by Gasteiger charge is 2.17. The minimum atomic E-state index is -0.720. The molecule has 17 heavy (non-hydrogen) atoms. The van der Waals surface area contributed by atoms with E-state index < -0.39 is 6.04 Å². The van der Waals surface area contributed by atoms with Gasteiger partial charge in [0.05, 0.1) is 16.7 Å². The van der Waals surface area contributed by atoms with E-state index in [4.69, 9.17) is 38.6 Å². The van der Waals surface area contributed by atoms with Crippen LogP contribution in [0, 0.1) is 0 Å². The van der Waals surface area contributed by atoms with E-state index in [1.165, 1.54) is 12.3 Å². The predicted octanol–water partition coefficient (Wildman–Crippen LogP) is 1.43. The maximum absolute atomic E-state index is 8.85. The smallest absolute Gasteiger partial charge is 0.246 e. The van der Waals surface area contributed by atoms with Crippen LogP contribution in [-0.4, -0.2) is 26.8 Å². The zero-order chi connectivity index (χ0) is 12.4. The van der Waals surface area contributed by atoms with Gasteiger partial charge in [-0.1, -0.05) is 28.4 Å². The Kier molecular flexibility index (Phi) is 3.58. The van der Waals surface area contributed by atoms with Gasteiger partial charge in [-0.15, -0.1) is 0 Å². The molecule has 0 aliphatic rings. The summed E-state index contributed by atoms with van der Waals surface area (Å²) in [6.45, 7) is -0.288. The van der Waals surface area contributed by atoms with Crippen LogP contribution in [0.1, 0.15) is 11.9 Å². The summed E-state index contributed by atoms with van der Waals surface area (Å²) in [7, 11) is 0. The van der Waals surface area contributed by atoms with Crippen LogP contribution in [0.4, 0.5) is 0 Å². The van der Waals surface area contributed by atoms with Gasteiger partial charge in [-0.3, -0.25) is 0 Å². The first-order valence-corrected chi connectivity index (χ1v) is 5.39. The number of nitrogens with zero attached hydrogens (tertiary/aromatic N) is 3. The lowest BCUT2D eigenvalue weighted by Gasteiger charge is -1.99. The second-order valence-electron chi connectivity index (χ2n) is 3.23. The first-order chi connectivity index (χ1) is 8.11. The first kappa shape index (κ1) is 12.3. The summed E-state index contributed by atoms with van der Waals surface area (Å²) < 4.78 is 4.88. The molecule has 0 spiro atoms. The van der Waals surface area contributed by atoms with Crippen LogP contribution in [0.2, 0.25) is 10.0 Å². The highest BCUT2D eigenvalue weighted by atomic mass is 35.5. The molecule has 2 rings (SSSR count). The molecule has 0 aliphatic heterocycles. The van der Waals surface area contributed by atoms with Crippen LogP contribution in [0.5, 0.6) is 0 Å². The summed E-state index contributed by atoms with van der Waals surface area (Å²) in [5.41, 5.74) is 5.87. The second kappa shape index (κ2) is 4.97. The van der Waals surface area contributed by atoms with E-state index >= 15 is 0 Å². The number of hydrogen-bond donors (Lipinski definition) is 2. The monoisotopic (exact) mass is 274 g/mol. The fourth-order valence-corrected chi connectivity index (χ4v) is 1.60. The molecule has 0 saturated carbocycles. The van der Waals surface area contributed by atoms with E-state index in [0.29, 0.717) is 15.7 Å². The van der Waals surface area contributed by atoms with Gasteiger partial charge in [0.1, 0.15) is 11.7 Å². The van der Waals surface area contributed by atoms with Crippen molar-refractivity contribution in [2.24, 2.45) is 5.73 Å². The summed E-state index contributed by atoms with van der Waals surface area (Å²) in [6, 6.07) is 0.801. The molecule has 0 aliphatic carbocycles. The van der Waals surface area contributed by atoms with Crippen LogP contribution in [-0.2, 0) is 0 Å². The number of halogens is 2. The Bertz CT molecular complexity index is 531. The van der Waals surface area contributed by atoms with Crippen molar-refractivity contribution in [3.05, 3.63) is 28.2 Å². The topological polar surface area (TPSA) is 98.1 Å². The van der Waals surface area contributed by atoms with Crippen LogP contribution < -0.4 is 5.73 Å². The summed E-state index contributed by atoms with van der Waals surface area (Å²) in [5, 5.41) is 13.2. The normalized spacial score (nSPS) is 12.7. The van der Waals surface area contributed by atoms with Crippen molar-refractivity contribution in [2.45, 2.75) is 6.04 Å². The average molecular weight is 275 g/mol. The SMILES string of the molecule is N[C@H](CO)c1nc(-c2ncc(Cl)cc2Cl)no1. The zero-order valence-electron chi connectivity index (χ0n) is 8.47. The third-order valence-corrected chi connectivity index (χ3v) is 2.47. The predicted molar refractivity (Wildman–Crippen MR) is 61.6 cm³/mol. The average Bonchev–Trinajstić information content (AvgIpc) is 2.77. The van der Waals surface area contributed by atoms with Crippen molar-refractivity contribution in [3.63, 3.8) is 0 Å². The number of aromatic nitrogens is 3. The van der Waals surface area contributed by atoms with Gasteiger partial charge < -0.3 is 15.4 Å². The van der Waals surface area contributed by atoms with Gasteiger partial charge in [-0.05, 0) is 6.07 Å². The minimum absolute atomic E-state index is 0.121. The van der Waals surface area contributed by atoms with Crippen molar-refractivity contribution in [1.82, 2.24) is 15.1 Å². The summed E-state index contributed by atoms with van der Waals surface area (Å²) >= 11 is 11.7. The molecule has 2 heterocycles. The lowest BCUT2D eigenvalue weighted by atomic mass is 10.3. The molecule has 0 fully saturated rings. The molecule has 0 aromatic carbocycles. The zero-order valence-corrected chi connectivity index (χ0v) is 9.98. The molecule has 3 N–H and O–H groups in total. The molecular weight excluding hydrogens is 267 g/mol. The van der Waals surface area contributed by atoms with E-state index in [-0.39, 0.29) is 18.3 Å². The molecule has 2 aromatic rings. The largest absolute Gasteiger partial charge is 0.394 e. The minimum Gasteiger partial charge on any atom is -0.394 e. The maximum Gasteiger partial charge on any atom is 0.246 e. The van der Waals surface area contributed by atoms with Crippen LogP contribution in [0.3, 0.4) is 0 Å². The Hall–Kier alpha value is -1.21. The summed E-state index contributed by atoms with van der Waals surface area (Å²) in [6.07, 6.45) is 1.42. The van der Waals surface area contributed by atoms with E-state index in [9.17, 15) is 0 Å². The Morgan fingerprint density at radius 1 is 1.47 bits per heavy atom. The fourth-order valence-electron chi connectivity index (χ4n) is 1.14. The quantitative estimate of drug-likeness (QED) is 0.879. The van der Waals surface area contributed by atoms with Gasteiger partial charge in [0.2, 0.25) is 11.7 Å². The Morgan fingerprint density at radius 2 is 2.24 bits per heavy atom. The van der Waals surface area contributed by atoms with Gasteiger partial charge in [0, 0.05) is 6.20 Å². The van der Waals surface area contributed by atoms with Crippen molar-refractivity contribution < 1.29 is 9.63 Å². The summed E-state index contributed by atoms with van der Waals surface area (Å²) in [4.78, 5) is 7.98. The molecule has 0 amide bonds. The molecule has 2 aromatic heterocycles. The van der Waals surface area contributed by atoms with Crippen molar-refractivity contribution in [1.29, 1.82) is 0 Å². The van der Waals surface area contributed by atoms with Crippen molar-refractivity contribution >= 4 is 23.2 Å². The third kappa shape index (κ3) is 2.55. The molecular formula is C9H8Cl2N4O2. The highest BCUT2D eigenvalue weighted by molar-refractivity contribution is 6.35. The van der Waals surface area contributed by atoms with Crippen LogP contribution in [0.25, 0.3) is 11.5 Å². The molecule has 0 radical (unpaired) electrons. The van der Waals surface area contributed by atoms with Crippen molar-refractivity contribution in [2.75, 3.05) is 6.61 Å². The summed E-state index contributed by atoms with van der Waals surface area (Å²) in [5.74, 6) is 0.320. The first-order valence-electron chi connectivity index (χ1n) is 4.63. The molecule has 6 nitrogen and oxygen atoms in total. The van der Waals surface area contributed by atoms with Gasteiger partial charge in [-0.25, -0.2) is 4.98 Å². The van der Waals surface area contributed by atoms with Crippen LogP contribution >= 0.6 is 23.2 Å². The van der Waals surface area contributed by atoms with Crippen molar-refractivity contribution in [3.8, 4) is 11.5 Å². The molecule has 1 atom stereocenters. The Balaban J connectivity index is 2.37. The number of aliphatic hydroxyl groups excluding tert-OH is 1. The molecule has 0 unspecified atom stereocenters. The van der Waals surface area contributed by atoms with E-state index in [1.807, 2.05) is 0 Å². The molecule has 8 heteroatoms. The lowest BCUT2D eigenvalue weighted by molar-refractivity contribution is 0.237.